The number of halogens is 5. The van der Waals surface area contributed by atoms with Gasteiger partial charge in [0, 0.05) is 6.61 Å². The van der Waals surface area contributed by atoms with Gasteiger partial charge in [0.05, 0.1) is 11.7 Å². The fourth-order valence-corrected chi connectivity index (χ4v) is 3.10. The highest BCUT2D eigenvalue weighted by Gasteiger charge is 2.37. The Morgan fingerprint density at radius 2 is 1.42 bits per heavy atom. The van der Waals surface area contributed by atoms with Crippen LogP contribution in [-0.4, -0.2) is 20.0 Å². The number of hydrogen-bond acceptors (Lipinski definition) is 2. The highest BCUT2D eigenvalue weighted by atomic mass is 28.4. The van der Waals surface area contributed by atoms with Gasteiger partial charge in [-0.3, -0.25) is 0 Å². The maximum atomic E-state index is 13.7. The molecule has 0 saturated carbocycles. The highest BCUT2D eigenvalue weighted by Crippen LogP contribution is 2.37. The molecule has 1 atom stereocenters. The predicted octanol–water partition coefficient (Wildman–Crippen LogP) is 5.77. The zero-order valence-electron chi connectivity index (χ0n) is 15.7. The Labute approximate surface area is 151 Å². The molecule has 1 aromatic rings. The van der Waals surface area contributed by atoms with Crippen molar-refractivity contribution in [2.75, 3.05) is 6.61 Å². The maximum Gasteiger partial charge on any atom is 0.200 e. The molecule has 0 bridgehead atoms. The smallest absolute Gasteiger partial charge is 0.200 e. The average Bonchev–Trinajstić information content (AvgIpc) is 2.49. The second kappa shape index (κ2) is 8.18. The second-order valence-corrected chi connectivity index (χ2v) is 12.6. The molecule has 148 valence electrons. The van der Waals surface area contributed by atoms with Crippen LogP contribution in [0.3, 0.4) is 0 Å². The average molecular weight is 396 g/mol. The molecule has 0 fully saturated rings. The molecule has 26 heavy (non-hydrogen) atoms. The van der Waals surface area contributed by atoms with Crippen LogP contribution in [0.4, 0.5) is 22.0 Å². The van der Waals surface area contributed by atoms with Crippen molar-refractivity contribution in [3.8, 4) is 0 Å². The van der Waals surface area contributed by atoms with Gasteiger partial charge in [0.15, 0.2) is 31.6 Å². The van der Waals surface area contributed by atoms with E-state index in [9.17, 15) is 27.1 Å². The van der Waals surface area contributed by atoms with Crippen LogP contribution >= 0.6 is 0 Å². The van der Waals surface area contributed by atoms with Crippen LogP contribution in [0.1, 0.15) is 45.3 Å². The maximum absolute atomic E-state index is 13.7. The first-order chi connectivity index (χ1) is 11.7. The van der Waals surface area contributed by atoms with Crippen LogP contribution in [0.15, 0.2) is 12.2 Å². The number of aliphatic hydroxyl groups is 1. The number of rotatable bonds is 7. The van der Waals surface area contributed by atoms with Gasteiger partial charge in [-0.15, -0.1) is 0 Å². The van der Waals surface area contributed by atoms with E-state index in [-0.39, 0.29) is 11.5 Å². The molecule has 1 aromatic carbocycles. The summed E-state index contributed by atoms with van der Waals surface area (Å²) >= 11 is 0. The molecular weight excluding hydrogens is 371 g/mol. The molecule has 8 heteroatoms. The predicted molar refractivity (Wildman–Crippen MR) is 92.7 cm³/mol. The molecule has 2 nitrogen and oxygen atoms in total. The third-order valence-corrected chi connectivity index (χ3v) is 9.32. The first kappa shape index (κ1) is 22.8. The molecular formula is C18H25F5O2Si. The summed E-state index contributed by atoms with van der Waals surface area (Å²) in [4.78, 5) is 0. The summed E-state index contributed by atoms with van der Waals surface area (Å²) in [6, 6.07) is 0. The van der Waals surface area contributed by atoms with E-state index in [1.54, 1.807) is 0 Å². The molecule has 0 aromatic heterocycles. The fourth-order valence-electron chi connectivity index (χ4n) is 2.06. The molecule has 1 unspecified atom stereocenters. The minimum atomic E-state index is -2.25. The highest BCUT2D eigenvalue weighted by molar-refractivity contribution is 6.74. The lowest BCUT2D eigenvalue weighted by Gasteiger charge is -2.36. The monoisotopic (exact) mass is 396 g/mol. The molecule has 0 spiro atoms. The molecule has 0 aliphatic rings. The van der Waals surface area contributed by atoms with Crippen LogP contribution in [-0.2, 0) is 4.43 Å². The van der Waals surface area contributed by atoms with Gasteiger partial charge in [-0.25, -0.2) is 22.0 Å². The van der Waals surface area contributed by atoms with E-state index < -0.39 is 49.1 Å². The van der Waals surface area contributed by atoms with Crippen molar-refractivity contribution in [1.82, 2.24) is 0 Å². The summed E-state index contributed by atoms with van der Waals surface area (Å²) in [5.74, 6) is -10.5. The fraction of sp³-hybridized carbons (Fsp3) is 0.556. The molecule has 0 aliphatic carbocycles. The molecule has 1 rings (SSSR count). The Hall–Kier alpha value is -1.25. The zero-order chi connectivity index (χ0) is 20.4. The largest absolute Gasteiger partial charge is 0.417 e. The van der Waals surface area contributed by atoms with Gasteiger partial charge in [0.2, 0.25) is 5.82 Å². The summed E-state index contributed by atoms with van der Waals surface area (Å²) in [5.41, 5.74) is -0.854. The summed E-state index contributed by atoms with van der Waals surface area (Å²) < 4.78 is 72.9. The van der Waals surface area contributed by atoms with Crippen molar-refractivity contribution in [3.05, 3.63) is 46.8 Å². The molecule has 0 heterocycles. The topological polar surface area (TPSA) is 29.5 Å². The standard InChI is InChI=1S/C18H25F5O2Si/c1-10(7-8-25-26(5,6)18(2,3)4)9-11(24)12-13(19)15(21)17(23)16(22)14(12)20/h11,24H,1,7-9H2,2-6H3. The van der Waals surface area contributed by atoms with E-state index in [1.807, 2.05) is 0 Å². The van der Waals surface area contributed by atoms with Gasteiger partial charge in [-0.05, 0) is 31.0 Å². The normalized spacial score (nSPS) is 13.8. The molecule has 1 N–H and O–H groups in total. The van der Waals surface area contributed by atoms with E-state index in [1.165, 1.54) is 0 Å². The van der Waals surface area contributed by atoms with Crippen molar-refractivity contribution >= 4 is 8.32 Å². The van der Waals surface area contributed by atoms with E-state index in [0.717, 1.165) is 0 Å². The molecule has 0 radical (unpaired) electrons. The Bertz CT molecular complexity index is 654. The zero-order valence-corrected chi connectivity index (χ0v) is 16.7. The van der Waals surface area contributed by atoms with Gasteiger partial charge >= 0.3 is 0 Å². The Kier molecular flexibility index (Phi) is 7.17. The van der Waals surface area contributed by atoms with Crippen LogP contribution < -0.4 is 0 Å². The van der Waals surface area contributed by atoms with E-state index in [4.69, 9.17) is 4.43 Å². The van der Waals surface area contributed by atoms with Crippen LogP contribution in [0.25, 0.3) is 0 Å². The third kappa shape index (κ3) is 4.92. The first-order valence-corrected chi connectivity index (χ1v) is 11.1. The summed E-state index contributed by atoms with van der Waals surface area (Å²) in [6.07, 6.45) is -1.92. The van der Waals surface area contributed by atoms with Crippen molar-refractivity contribution in [2.24, 2.45) is 0 Å². The first-order valence-electron chi connectivity index (χ1n) is 8.20. The van der Waals surface area contributed by atoms with Crippen LogP contribution in [0, 0.1) is 29.1 Å². The lowest BCUT2D eigenvalue weighted by molar-refractivity contribution is 0.161. The Morgan fingerprint density at radius 3 is 1.85 bits per heavy atom. The SMILES string of the molecule is C=C(CCO[Si](C)(C)C(C)(C)C)CC(O)c1c(F)c(F)c(F)c(F)c1F. The summed E-state index contributed by atoms with van der Waals surface area (Å²) in [6.45, 7) is 14.3. The van der Waals surface area contributed by atoms with Crippen LogP contribution in [0.5, 0.6) is 0 Å². The molecule has 0 aliphatic heterocycles. The lowest BCUT2D eigenvalue weighted by atomic mass is 9.99. The van der Waals surface area contributed by atoms with E-state index in [2.05, 4.69) is 40.4 Å². The van der Waals surface area contributed by atoms with Crippen molar-refractivity contribution in [3.63, 3.8) is 0 Å². The van der Waals surface area contributed by atoms with Gasteiger partial charge < -0.3 is 9.53 Å². The summed E-state index contributed by atoms with van der Waals surface area (Å²) in [7, 11) is -1.98. The van der Waals surface area contributed by atoms with Gasteiger partial charge in [0.1, 0.15) is 0 Å². The molecule has 0 amide bonds. The number of benzene rings is 1. The van der Waals surface area contributed by atoms with Crippen molar-refractivity contribution in [2.45, 2.75) is 57.8 Å². The molecule has 0 saturated heterocycles. The van der Waals surface area contributed by atoms with Crippen molar-refractivity contribution in [1.29, 1.82) is 0 Å². The van der Waals surface area contributed by atoms with E-state index in [0.29, 0.717) is 18.6 Å². The van der Waals surface area contributed by atoms with Gasteiger partial charge in [0.25, 0.3) is 0 Å². The van der Waals surface area contributed by atoms with Gasteiger partial charge in [-0.2, -0.15) is 0 Å². The second-order valence-electron chi connectivity index (χ2n) is 7.81. The minimum absolute atomic E-state index is 0.00324. The quantitative estimate of drug-likeness (QED) is 0.208. The minimum Gasteiger partial charge on any atom is -0.417 e. The number of aliphatic hydroxyl groups excluding tert-OH is 1. The Balaban J connectivity index is 2.78. The lowest BCUT2D eigenvalue weighted by Crippen LogP contribution is -2.41. The van der Waals surface area contributed by atoms with E-state index >= 15 is 0 Å². The summed E-state index contributed by atoms with van der Waals surface area (Å²) in [5, 5.41) is 9.96. The van der Waals surface area contributed by atoms with Crippen molar-refractivity contribution < 1.29 is 31.5 Å². The Morgan fingerprint density at radius 1 is 1.00 bits per heavy atom. The van der Waals surface area contributed by atoms with Crippen LogP contribution in [0.2, 0.25) is 18.1 Å². The third-order valence-electron chi connectivity index (χ3n) is 4.78. The van der Waals surface area contributed by atoms with Gasteiger partial charge in [-0.1, -0.05) is 32.9 Å². The number of hydrogen-bond donors (Lipinski definition) is 1.